The monoisotopic (exact) mass is 449 g/mol. The Morgan fingerprint density at radius 3 is 2.55 bits per heavy atom. The molecule has 0 spiro atoms. The molecule has 0 saturated carbocycles. The van der Waals surface area contributed by atoms with Crippen molar-refractivity contribution in [1.82, 2.24) is 25.2 Å². The van der Waals surface area contributed by atoms with Crippen LogP contribution in [0.1, 0.15) is 11.6 Å². The van der Waals surface area contributed by atoms with E-state index in [9.17, 15) is 9.18 Å². The van der Waals surface area contributed by atoms with Gasteiger partial charge >= 0.3 is 0 Å². The quantitative estimate of drug-likeness (QED) is 0.626. The Morgan fingerprint density at radius 1 is 1.03 bits per heavy atom. The van der Waals surface area contributed by atoms with E-state index in [0.29, 0.717) is 24.7 Å². The van der Waals surface area contributed by atoms with E-state index in [2.05, 4.69) is 54.7 Å². The summed E-state index contributed by atoms with van der Waals surface area (Å²) in [4.78, 5) is 25.6. The smallest absolute Gasteiger partial charge is 0.255 e. The molecule has 172 valence electrons. The highest BCUT2D eigenvalue weighted by molar-refractivity contribution is 5.60. The fourth-order valence-corrected chi connectivity index (χ4v) is 4.53. The maximum atomic E-state index is 14.3. The van der Waals surface area contributed by atoms with Crippen molar-refractivity contribution in [2.24, 2.45) is 7.05 Å². The molecule has 0 amide bonds. The van der Waals surface area contributed by atoms with E-state index in [4.69, 9.17) is 0 Å². The Hall–Kier alpha value is -3.30. The number of benzene rings is 1. The number of nitrogens with one attached hydrogen (secondary N) is 2. The van der Waals surface area contributed by atoms with Crippen LogP contribution in [0.15, 0.2) is 53.6 Å². The molecule has 2 aliphatic rings. The van der Waals surface area contributed by atoms with Gasteiger partial charge in [-0.3, -0.25) is 14.3 Å². The Kier molecular flexibility index (Phi) is 6.06. The second-order valence-corrected chi connectivity index (χ2v) is 8.48. The summed E-state index contributed by atoms with van der Waals surface area (Å²) >= 11 is 0. The molecule has 0 bridgehead atoms. The molecule has 2 N–H and O–H groups in total. The molecule has 1 aromatic carbocycles. The number of pyridine rings is 1. The molecule has 1 unspecified atom stereocenters. The van der Waals surface area contributed by atoms with E-state index in [1.165, 1.54) is 28.1 Å². The molecule has 3 aromatic rings. The summed E-state index contributed by atoms with van der Waals surface area (Å²) in [7, 11) is 1.71. The first kappa shape index (κ1) is 21.5. The van der Waals surface area contributed by atoms with Gasteiger partial charge in [0, 0.05) is 82.4 Å². The van der Waals surface area contributed by atoms with Gasteiger partial charge in [-0.15, -0.1) is 0 Å². The normalized spacial score (nSPS) is 19.0. The zero-order valence-electron chi connectivity index (χ0n) is 18.7. The minimum Gasteiger partial charge on any atom is -0.369 e. The van der Waals surface area contributed by atoms with Crippen molar-refractivity contribution in [3.63, 3.8) is 0 Å². The largest absolute Gasteiger partial charge is 0.369 e. The predicted octanol–water partition coefficient (Wildman–Crippen LogP) is 1.54. The lowest BCUT2D eigenvalue weighted by molar-refractivity contribution is 0.462. The summed E-state index contributed by atoms with van der Waals surface area (Å²) in [6.07, 6.45) is 2.64. The average Bonchev–Trinajstić information content (AvgIpc) is 2.87. The van der Waals surface area contributed by atoms with Crippen LogP contribution in [0.3, 0.4) is 0 Å². The van der Waals surface area contributed by atoms with Crippen molar-refractivity contribution in [3.8, 4) is 11.3 Å². The van der Waals surface area contributed by atoms with Crippen molar-refractivity contribution in [2.75, 3.05) is 55.6 Å². The number of nitrogens with zero attached hydrogens (tertiary/aromatic N) is 5. The highest BCUT2D eigenvalue weighted by Crippen LogP contribution is 2.25. The molecule has 2 aliphatic heterocycles. The molecular formula is C24H28FN7O. The fourth-order valence-electron chi connectivity index (χ4n) is 4.53. The second kappa shape index (κ2) is 9.29. The molecule has 2 saturated heterocycles. The summed E-state index contributed by atoms with van der Waals surface area (Å²) in [6, 6.07) is 11.7. The average molecular weight is 450 g/mol. The van der Waals surface area contributed by atoms with Gasteiger partial charge in [-0.05, 0) is 23.8 Å². The lowest BCUT2D eigenvalue weighted by atomic mass is 10.0. The molecule has 0 radical (unpaired) electrons. The molecule has 2 fully saturated rings. The maximum Gasteiger partial charge on any atom is 0.255 e. The van der Waals surface area contributed by atoms with Gasteiger partial charge in [-0.25, -0.2) is 9.37 Å². The SMILES string of the molecule is Cn1c(N2CCNC(c3ccc(N4CCNCC4)cc3)C2)nc(-c2ccncc2F)cc1=O. The molecule has 1 atom stereocenters. The topological polar surface area (TPSA) is 78.3 Å². The van der Waals surface area contributed by atoms with Gasteiger partial charge in [-0.2, -0.15) is 0 Å². The minimum atomic E-state index is -0.494. The molecule has 8 nitrogen and oxygen atoms in total. The third-order valence-electron chi connectivity index (χ3n) is 6.40. The van der Waals surface area contributed by atoms with E-state index in [0.717, 1.165) is 38.9 Å². The number of aromatic nitrogens is 3. The van der Waals surface area contributed by atoms with Crippen LogP contribution >= 0.6 is 0 Å². The van der Waals surface area contributed by atoms with Gasteiger partial charge in [0.2, 0.25) is 5.95 Å². The third-order valence-corrected chi connectivity index (χ3v) is 6.40. The number of piperazine rings is 2. The van der Waals surface area contributed by atoms with Crippen LogP contribution in [0.25, 0.3) is 11.3 Å². The molecule has 33 heavy (non-hydrogen) atoms. The predicted molar refractivity (Wildman–Crippen MR) is 127 cm³/mol. The van der Waals surface area contributed by atoms with Gasteiger partial charge in [0.15, 0.2) is 5.82 Å². The van der Waals surface area contributed by atoms with Crippen LogP contribution in [-0.4, -0.2) is 60.3 Å². The lowest BCUT2D eigenvalue weighted by Crippen LogP contribution is -2.47. The highest BCUT2D eigenvalue weighted by atomic mass is 19.1. The van der Waals surface area contributed by atoms with Crippen LogP contribution in [0.4, 0.5) is 16.0 Å². The van der Waals surface area contributed by atoms with Crippen LogP contribution in [0, 0.1) is 5.82 Å². The van der Waals surface area contributed by atoms with Crippen LogP contribution in [0.5, 0.6) is 0 Å². The first-order valence-corrected chi connectivity index (χ1v) is 11.3. The van der Waals surface area contributed by atoms with Crippen LogP contribution in [-0.2, 0) is 7.05 Å². The Labute approximate surface area is 192 Å². The molecule has 2 aromatic heterocycles. The van der Waals surface area contributed by atoms with Crippen molar-refractivity contribution < 1.29 is 4.39 Å². The van der Waals surface area contributed by atoms with Crippen molar-refractivity contribution in [1.29, 1.82) is 0 Å². The van der Waals surface area contributed by atoms with Crippen molar-refractivity contribution in [2.45, 2.75) is 6.04 Å². The molecule has 5 rings (SSSR count). The number of hydrogen-bond donors (Lipinski definition) is 2. The first-order valence-electron chi connectivity index (χ1n) is 11.3. The van der Waals surface area contributed by atoms with E-state index >= 15 is 0 Å². The van der Waals surface area contributed by atoms with Gasteiger partial charge < -0.3 is 20.4 Å². The van der Waals surface area contributed by atoms with E-state index in [1.54, 1.807) is 13.1 Å². The molecular weight excluding hydrogens is 421 g/mol. The molecule has 4 heterocycles. The lowest BCUT2D eigenvalue weighted by Gasteiger charge is -2.35. The molecule has 0 aliphatic carbocycles. The zero-order valence-corrected chi connectivity index (χ0v) is 18.7. The maximum absolute atomic E-state index is 14.3. The minimum absolute atomic E-state index is 0.106. The van der Waals surface area contributed by atoms with E-state index in [1.807, 2.05) is 0 Å². The third kappa shape index (κ3) is 4.46. The van der Waals surface area contributed by atoms with E-state index < -0.39 is 5.82 Å². The second-order valence-electron chi connectivity index (χ2n) is 8.48. The highest BCUT2D eigenvalue weighted by Gasteiger charge is 2.25. The number of anilines is 2. The van der Waals surface area contributed by atoms with Gasteiger partial charge in [0.05, 0.1) is 11.9 Å². The standard InChI is InChI=1S/C24H28FN7O/c1-30-23(33)14-21(19-6-7-27-15-20(19)25)29-24(30)32-13-10-28-22(16-32)17-2-4-18(5-3-17)31-11-8-26-9-12-31/h2-7,14-15,22,26,28H,8-13,16H2,1H3. The van der Waals surface area contributed by atoms with Crippen molar-refractivity contribution >= 4 is 11.6 Å². The number of hydrogen-bond acceptors (Lipinski definition) is 7. The van der Waals surface area contributed by atoms with Gasteiger partial charge in [-0.1, -0.05) is 12.1 Å². The van der Waals surface area contributed by atoms with Gasteiger partial charge in [0.1, 0.15) is 0 Å². The van der Waals surface area contributed by atoms with Crippen LogP contribution in [0.2, 0.25) is 0 Å². The van der Waals surface area contributed by atoms with Crippen molar-refractivity contribution in [3.05, 3.63) is 70.5 Å². The van der Waals surface area contributed by atoms with E-state index in [-0.39, 0.29) is 17.2 Å². The Morgan fingerprint density at radius 2 is 1.79 bits per heavy atom. The summed E-state index contributed by atoms with van der Waals surface area (Å²) in [5.41, 5.74) is 2.81. The summed E-state index contributed by atoms with van der Waals surface area (Å²) in [5, 5.41) is 6.96. The van der Waals surface area contributed by atoms with Gasteiger partial charge in [0.25, 0.3) is 5.56 Å². The number of halogens is 1. The zero-order chi connectivity index (χ0) is 22.8. The summed E-state index contributed by atoms with van der Waals surface area (Å²) in [5.74, 6) is 0.0459. The van der Waals surface area contributed by atoms with Crippen LogP contribution < -0.4 is 26.0 Å². The fraction of sp³-hybridized carbons (Fsp3) is 0.375. The first-order chi connectivity index (χ1) is 16.1. The number of rotatable bonds is 4. The molecule has 9 heteroatoms. The Bertz CT molecular complexity index is 1170. The Balaban J connectivity index is 1.39. The summed E-state index contributed by atoms with van der Waals surface area (Å²) in [6.45, 7) is 6.18. The summed E-state index contributed by atoms with van der Waals surface area (Å²) < 4.78 is 15.8.